The van der Waals surface area contributed by atoms with E-state index in [1.54, 1.807) is 6.07 Å². The number of halogens is 1. The van der Waals surface area contributed by atoms with Gasteiger partial charge in [-0.2, -0.15) is 0 Å². The zero-order valence-corrected chi connectivity index (χ0v) is 15.7. The van der Waals surface area contributed by atoms with Crippen molar-refractivity contribution >= 4 is 23.6 Å². The lowest BCUT2D eigenvalue weighted by atomic mass is 10.2. The summed E-state index contributed by atoms with van der Waals surface area (Å²) in [5.41, 5.74) is 6.82. The fourth-order valence-electron chi connectivity index (χ4n) is 2.06. The van der Waals surface area contributed by atoms with Crippen LogP contribution in [0.3, 0.4) is 0 Å². The highest BCUT2D eigenvalue weighted by atomic mass is 32.2. The monoisotopic (exact) mass is 376 g/mol. The number of nitrogens with one attached hydrogen (secondary N) is 2. The summed E-state index contributed by atoms with van der Waals surface area (Å²) in [6.07, 6.45) is -0.959. The van der Waals surface area contributed by atoms with E-state index in [1.165, 1.54) is 36.9 Å². The molecule has 0 spiro atoms. The highest BCUT2D eigenvalue weighted by Gasteiger charge is 2.17. The fraction of sp³-hybridized carbons (Fsp3) is 0.263. The van der Waals surface area contributed by atoms with Crippen LogP contribution in [0, 0.1) is 19.7 Å². The topological polar surface area (TPSA) is 67.4 Å². The Morgan fingerprint density at radius 1 is 1.15 bits per heavy atom. The number of para-hydroxylation sites is 1. The highest BCUT2D eigenvalue weighted by molar-refractivity contribution is 8.00. The lowest BCUT2D eigenvalue weighted by Crippen LogP contribution is -2.47. The Kier molecular flexibility index (Phi) is 7.03. The number of carbonyl (C=O) groups is 2. The first-order valence-corrected chi connectivity index (χ1v) is 9.05. The van der Waals surface area contributed by atoms with Gasteiger partial charge in [-0.15, -0.1) is 11.8 Å². The first-order chi connectivity index (χ1) is 12.4. The number of rotatable bonds is 6. The number of carbonyl (C=O) groups excluding carboxylic acids is 2. The minimum Gasteiger partial charge on any atom is -0.478 e. The Labute approximate surface area is 156 Å². The molecule has 2 N–H and O–H groups in total. The Morgan fingerprint density at radius 3 is 2.62 bits per heavy atom. The van der Waals surface area contributed by atoms with Crippen LogP contribution in [-0.4, -0.2) is 23.7 Å². The summed E-state index contributed by atoms with van der Waals surface area (Å²) in [6, 6.07) is 11.8. The molecule has 0 aromatic heterocycles. The van der Waals surface area contributed by atoms with Crippen molar-refractivity contribution in [2.75, 3.05) is 5.75 Å². The third-order valence-corrected chi connectivity index (χ3v) is 4.69. The molecule has 1 atom stereocenters. The first-order valence-electron chi connectivity index (χ1n) is 8.06. The number of amides is 2. The number of hydrogen-bond donors (Lipinski definition) is 2. The molecular weight excluding hydrogens is 355 g/mol. The predicted molar refractivity (Wildman–Crippen MR) is 99.4 cm³/mol. The molecule has 2 rings (SSSR count). The molecule has 0 aliphatic rings. The molecule has 0 aliphatic heterocycles. The maximum absolute atomic E-state index is 13.5. The summed E-state index contributed by atoms with van der Waals surface area (Å²) in [6.45, 7) is 5.43. The summed E-state index contributed by atoms with van der Waals surface area (Å²) in [5.74, 6) is -1.33. The van der Waals surface area contributed by atoms with E-state index < -0.39 is 17.8 Å². The molecule has 138 valence electrons. The average Bonchev–Trinajstić information content (AvgIpc) is 2.62. The van der Waals surface area contributed by atoms with E-state index in [0.29, 0.717) is 0 Å². The molecule has 0 unspecified atom stereocenters. The maximum atomic E-state index is 13.5. The molecule has 2 aromatic carbocycles. The lowest BCUT2D eigenvalue weighted by Gasteiger charge is -2.15. The number of ether oxygens (including phenoxy) is 1. The third-order valence-electron chi connectivity index (χ3n) is 3.54. The van der Waals surface area contributed by atoms with Gasteiger partial charge in [0.05, 0.1) is 5.75 Å². The Hall–Kier alpha value is -2.54. The zero-order chi connectivity index (χ0) is 19.1. The van der Waals surface area contributed by atoms with Crippen LogP contribution in [0.1, 0.15) is 18.1 Å². The van der Waals surface area contributed by atoms with Crippen LogP contribution < -0.4 is 15.6 Å². The summed E-state index contributed by atoms with van der Waals surface area (Å²) >= 11 is 1.39. The molecule has 0 saturated heterocycles. The van der Waals surface area contributed by atoms with Crippen LogP contribution in [-0.2, 0) is 9.59 Å². The first kappa shape index (κ1) is 19.8. The van der Waals surface area contributed by atoms with Crippen molar-refractivity contribution in [2.45, 2.75) is 31.8 Å². The Bertz CT molecular complexity index is 798. The van der Waals surface area contributed by atoms with Crippen LogP contribution in [0.5, 0.6) is 5.75 Å². The quantitative estimate of drug-likeness (QED) is 0.600. The van der Waals surface area contributed by atoms with E-state index in [1.807, 2.05) is 32.0 Å². The number of hydrazine groups is 1. The van der Waals surface area contributed by atoms with Crippen molar-refractivity contribution in [3.63, 3.8) is 0 Å². The molecule has 26 heavy (non-hydrogen) atoms. The zero-order valence-electron chi connectivity index (χ0n) is 14.8. The van der Waals surface area contributed by atoms with E-state index in [0.717, 1.165) is 16.0 Å². The molecule has 2 aromatic rings. The molecule has 0 bridgehead atoms. The minimum absolute atomic E-state index is 0.0213. The molecule has 0 heterocycles. The third kappa shape index (κ3) is 5.77. The van der Waals surface area contributed by atoms with Crippen molar-refractivity contribution in [1.29, 1.82) is 0 Å². The van der Waals surface area contributed by atoms with Gasteiger partial charge in [0, 0.05) is 4.90 Å². The predicted octanol–water partition coefficient (Wildman–Crippen LogP) is 3.15. The Balaban J connectivity index is 1.78. The van der Waals surface area contributed by atoms with Gasteiger partial charge in [0.15, 0.2) is 17.7 Å². The molecule has 0 radical (unpaired) electrons. The van der Waals surface area contributed by atoms with Gasteiger partial charge >= 0.3 is 0 Å². The second kappa shape index (κ2) is 9.24. The highest BCUT2D eigenvalue weighted by Crippen LogP contribution is 2.23. The summed E-state index contributed by atoms with van der Waals surface area (Å²) in [7, 11) is 0. The van der Waals surface area contributed by atoms with Gasteiger partial charge in [-0.3, -0.25) is 20.4 Å². The second-order valence-electron chi connectivity index (χ2n) is 5.79. The maximum Gasteiger partial charge on any atom is 0.279 e. The molecule has 0 saturated carbocycles. The molecular formula is C19H21FN2O3S. The van der Waals surface area contributed by atoms with Crippen LogP contribution in [0.2, 0.25) is 0 Å². The van der Waals surface area contributed by atoms with Crippen molar-refractivity contribution < 1.29 is 18.7 Å². The number of aryl methyl sites for hydroxylation is 2. The molecule has 5 nitrogen and oxygen atoms in total. The number of hydrogen-bond acceptors (Lipinski definition) is 4. The normalized spacial score (nSPS) is 11.5. The SMILES string of the molecule is Cc1ccc(C)c(SCC(=O)NNC(=O)[C@@H](C)Oc2ccccc2F)c1. The van der Waals surface area contributed by atoms with Gasteiger partial charge in [-0.05, 0) is 44.5 Å². The summed E-state index contributed by atoms with van der Waals surface area (Å²) in [4.78, 5) is 24.9. The van der Waals surface area contributed by atoms with Crippen molar-refractivity contribution in [1.82, 2.24) is 10.9 Å². The largest absolute Gasteiger partial charge is 0.478 e. The molecule has 2 amide bonds. The van der Waals surface area contributed by atoms with E-state index in [2.05, 4.69) is 10.9 Å². The van der Waals surface area contributed by atoms with Gasteiger partial charge in [0.1, 0.15) is 0 Å². The van der Waals surface area contributed by atoms with Crippen molar-refractivity contribution in [2.24, 2.45) is 0 Å². The smallest absolute Gasteiger partial charge is 0.279 e. The van der Waals surface area contributed by atoms with Crippen LogP contribution in [0.15, 0.2) is 47.4 Å². The van der Waals surface area contributed by atoms with Crippen LogP contribution in [0.25, 0.3) is 0 Å². The number of thioether (sulfide) groups is 1. The van der Waals surface area contributed by atoms with Crippen molar-refractivity contribution in [3.05, 3.63) is 59.4 Å². The van der Waals surface area contributed by atoms with Gasteiger partial charge in [-0.1, -0.05) is 29.8 Å². The summed E-state index contributed by atoms with van der Waals surface area (Å²) in [5, 5.41) is 0. The molecule has 0 aliphatic carbocycles. The van der Waals surface area contributed by atoms with E-state index in [4.69, 9.17) is 4.74 Å². The molecule has 0 fully saturated rings. The van der Waals surface area contributed by atoms with Gasteiger partial charge in [-0.25, -0.2) is 4.39 Å². The van der Waals surface area contributed by atoms with Gasteiger partial charge in [0.2, 0.25) is 5.91 Å². The van der Waals surface area contributed by atoms with Crippen molar-refractivity contribution in [3.8, 4) is 5.75 Å². The average molecular weight is 376 g/mol. The van der Waals surface area contributed by atoms with E-state index >= 15 is 0 Å². The standard InChI is InChI=1S/C19H21FN2O3S/c1-12-8-9-13(2)17(10-12)26-11-18(23)21-22-19(24)14(3)25-16-7-5-4-6-15(16)20/h4-10,14H,11H2,1-3H3,(H,21,23)(H,22,24)/t14-/m1/s1. The van der Waals surface area contributed by atoms with E-state index in [-0.39, 0.29) is 17.4 Å². The van der Waals surface area contributed by atoms with Gasteiger partial charge < -0.3 is 4.74 Å². The number of benzene rings is 2. The second-order valence-corrected chi connectivity index (χ2v) is 6.80. The van der Waals surface area contributed by atoms with Gasteiger partial charge in [0.25, 0.3) is 5.91 Å². The van der Waals surface area contributed by atoms with E-state index in [9.17, 15) is 14.0 Å². The van der Waals surface area contributed by atoms with Crippen LogP contribution in [0.4, 0.5) is 4.39 Å². The minimum atomic E-state index is -0.959. The fourth-order valence-corrected chi connectivity index (χ4v) is 2.98. The lowest BCUT2D eigenvalue weighted by molar-refractivity contribution is -0.132. The van der Waals surface area contributed by atoms with Crippen LogP contribution >= 0.6 is 11.8 Å². The Morgan fingerprint density at radius 2 is 1.88 bits per heavy atom. The molecule has 7 heteroatoms. The summed E-state index contributed by atoms with van der Waals surface area (Å²) < 4.78 is 18.8.